The molecule has 0 aliphatic carbocycles. The van der Waals surface area contributed by atoms with Crippen LogP contribution in [0.5, 0.6) is 0 Å². The van der Waals surface area contributed by atoms with E-state index >= 15 is 0 Å². The fraction of sp³-hybridized carbons (Fsp3) is 0.263. The van der Waals surface area contributed by atoms with E-state index in [1.807, 2.05) is 37.4 Å². The number of hydrogen-bond acceptors (Lipinski definition) is 4. The molecule has 2 heterocycles. The number of aryl methyl sites for hydroxylation is 1. The SMILES string of the molecule is CC(C)c1ccc(S(=O)(=O)NCc2cc(-c3ccncc3)n(C)n2)cc1. The van der Waals surface area contributed by atoms with E-state index in [0.717, 1.165) is 16.8 Å². The molecule has 0 spiro atoms. The summed E-state index contributed by atoms with van der Waals surface area (Å²) in [5, 5.41) is 4.39. The van der Waals surface area contributed by atoms with E-state index in [1.165, 1.54) is 0 Å². The number of hydrogen-bond donors (Lipinski definition) is 1. The van der Waals surface area contributed by atoms with Crippen molar-refractivity contribution in [3.63, 3.8) is 0 Å². The number of nitrogens with zero attached hydrogens (tertiary/aromatic N) is 3. The van der Waals surface area contributed by atoms with Crippen LogP contribution in [0.2, 0.25) is 0 Å². The quantitative estimate of drug-likeness (QED) is 0.723. The van der Waals surface area contributed by atoms with Crippen molar-refractivity contribution < 1.29 is 8.42 Å². The van der Waals surface area contributed by atoms with Crippen molar-refractivity contribution in [1.82, 2.24) is 19.5 Å². The lowest BCUT2D eigenvalue weighted by atomic mass is 10.0. The first-order valence-corrected chi connectivity index (χ1v) is 9.88. The monoisotopic (exact) mass is 370 g/mol. The molecule has 0 saturated heterocycles. The second kappa shape index (κ2) is 7.39. The summed E-state index contributed by atoms with van der Waals surface area (Å²) in [4.78, 5) is 4.26. The van der Waals surface area contributed by atoms with Crippen LogP contribution in [-0.4, -0.2) is 23.2 Å². The van der Waals surface area contributed by atoms with Crippen molar-refractivity contribution in [2.75, 3.05) is 0 Å². The number of nitrogens with one attached hydrogen (secondary N) is 1. The van der Waals surface area contributed by atoms with E-state index < -0.39 is 10.0 Å². The largest absolute Gasteiger partial charge is 0.268 e. The van der Waals surface area contributed by atoms with Crippen LogP contribution in [0.1, 0.15) is 31.0 Å². The van der Waals surface area contributed by atoms with Gasteiger partial charge in [-0.1, -0.05) is 26.0 Å². The first-order valence-electron chi connectivity index (χ1n) is 8.40. The molecule has 0 aliphatic heterocycles. The zero-order valence-corrected chi connectivity index (χ0v) is 15.9. The summed E-state index contributed by atoms with van der Waals surface area (Å²) in [7, 11) is -1.75. The minimum atomic E-state index is -3.58. The van der Waals surface area contributed by atoms with Crippen molar-refractivity contribution in [2.45, 2.75) is 31.2 Å². The summed E-state index contributed by atoms with van der Waals surface area (Å²) >= 11 is 0. The molecule has 0 bridgehead atoms. The Labute approximate surface area is 154 Å². The maximum absolute atomic E-state index is 12.5. The van der Waals surface area contributed by atoms with Crippen LogP contribution in [0.15, 0.2) is 59.8 Å². The van der Waals surface area contributed by atoms with Gasteiger partial charge in [0, 0.05) is 25.0 Å². The molecule has 2 aromatic heterocycles. The summed E-state index contributed by atoms with van der Waals surface area (Å²) in [5.74, 6) is 0.361. The maximum atomic E-state index is 12.5. The highest BCUT2D eigenvalue weighted by molar-refractivity contribution is 7.89. The van der Waals surface area contributed by atoms with E-state index in [9.17, 15) is 8.42 Å². The van der Waals surface area contributed by atoms with E-state index in [0.29, 0.717) is 11.6 Å². The van der Waals surface area contributed by atoms with E-state index in [1.54, 1.807) is 29.2 Å². The first-order chi connectivity index (χ1) is 12.4. The molecule has 0 saturated carbocycles. The Morgan fingerprint density at radius 1 is 1.08 bits per heavy atom. The van der Waals surface area contributed by atoms with Crippen molar-refractivity contribution in [3.8, 4) is 11.3 Å². The van der Waals surface area contributed by atoms with Crippen molar-refractivity contribution >= 4 is 10.0 Å². The van der Waals surface area contributed by atoms with Crippen LogP contribution in [0.25, 0.3) is 11.3 Å². The summed E-state index contributed by atoms with van der Waals surface area (Å²) in [6, 6.07) is 12.6. The predicted molar refractivity (Wildman–Crippen MR) is 101 cm³/mol. The number of rotatable bonds is 6. The lowest BCUT2D eigenvalue weighted by molar-refractivity contribution is 0.579. The Morgan fingerprint density at radius 3 is 2.35 bits per heavy atom. The van der Waals surface area contributed by atoms with E-state index in [-0.39, 0.29) is 11.4 Å². The van der Waals surface area contributed by atoms with Crippen molar-refractivity contribution in [2.24, 2.45) is 7.05 Å². The molecule has 3 aromatic rings. The molecule has 136 valence electrons. The molecular weight excluding hydrogens is 348 g/mol. The average molecular weight is 370 g/mol. The summed E-state index contributed by atoms with van der Waals surface area (Å²) < 4.78 is 29.3. The first kappa shape index (κ1) is 18.3. The molecule has 1 N–H and O–H groups in total. The number of benzene rings is 1. The molecule has 1 aromatic carbocycles. The van der Waals surface area contributed by atoms with Crippen LogP contribution in [0.3, 0.4) is 0 Å². The van der Waals surface area contributed by atoms with Gasteiger partial charge in [0.15, 0.2) is 0 Å². The normalized spacial score (nSPS) is 11.8. The van der Waals surface area contributed by atoms with Crippen LogP contribution >= 0.6 is 0 Å². The molecule has 0 aliphatic rings. The van der Waals surface area contributed by atoms with Gasteiger partial charge in [-0.25, -0.2) is 13.1 Å². The third-order valence-electron chi connectivity index (χ3n) is 4.21. The van der Waals surface area contributed by atoms with Gasteiger partial charge >= 0.3 is 0 Å². The molecule has 0 fully saturated rings. The lowest BCUT2D eigenvalue weighted by Crippen LogP contribution is -2.23. The zero-order chi connectivity index (χ0) is 18.7. The van der Waals surface area contributed by atoms with Crippen LogP contribution in [0.4, 0.5) is 0 Å². The number of pyridine rings is 1. The smallest absolute Gasteiger partial charge is 0.240 e. The fourth-order valence-corrected chi connectivity index (χ4v) is 3.69. The molecule has 3 rings (SSSR count). The summed E-state index contributed by atoms with van der Waals surface area (Å²) in [6.45, 7) is 4.28. The van der Waals surface area contributed by atoms with Crippen molar-refractivity contribution in [1.29, 1.82) is 0 Å². The lowest BCUT2D eigenvalue weighted by Gasteiger charge is -2.08. The van der Waals surface area contributed by atoms with Gasteiger partial charge in [0.05, 0.1) is 22.8 Å². The minimum Gasteiger partial charge on any atom is -0.268 e. The van der Waals surface area contributed by atoms with Crippen LogP contribution < -0.4 is 4.72 Å². The second-order valence-electron chi connectivity index (χ2n) is 6.43. The van der Waals surface area contributed by atoms with Gasteiger partial charge in [0.2, 0.25) is 10.0 Å². The Kier molecular flexibility index (Phi) is 5.20. The molecule has 26 heavy (non-hydrogen) atoms. The molecule has 6 nitrogen and oxygen atoms in total. The van der Waals surface area contributed by atoms with Gasteiger partial charge in [-0.15, -0.1) is 0 Å². The van der Waals surface area contributed by atoms with Gasteiger partial charge in [-0.2, -0.15) is 5.10 Å². The standard InChI is InChI=1S/C19H22N4O2S/c1-14(2)15-4-6-18(7-5-15)26(24,25)21-13-17-12-19(23(3)22-17)16-8-10-20-11-9-16/h4-12,14,21H,13H2,1-3H3. The van der Waals surface area contributed by atoms with Gasteiger partial charge < -0.3 is 0 Å². The van der Waals surface area contributed by atoms with Gasteiger partial charge in [0.1, 0.15) is 0 Å². The molecule has 0 radical (unpaired) electrons. The molecule has 0 unspecified atom stereocenters. The minimum absolute atomic E-state index is 0.132. The topological polar surface area (TPSA) is 76.9 Å². The predicted octanol–water partition coefficient (Wildman–Crippen LogP) is 3.08. The highest BCUT2D eigenvalue weighted by Crippen LogP contribution is 2.20. The number of aromatic nitrogens is 3. The number of sulfonamides is 1. The highest BCUT2D eigenvalue weighted by Gasteiger charge is 2.15. The third kappa shape index (κ3) is 4.00. The maximum Gasteiger partial charge on any atom is 0.240 e. The molecule has 0 atom stereocenters. The van der Waals surface area contributed by atoms with E-state index in [4.69, 9.17) is 0 Å². The molecule has 0 amide bonds. The Bertz CT molecular complexity index is 978. The third-order valence-corrected chi connectivity index (χ3v) is 5.62. The second-order valence-corrected chi connectivity index (χ2v) is 8.20. The zero-order valence-electron chi connectivity index (χ0n) is 15.0. The Morgan fingerprint density at radius 2 is 1.73 bits per heavy atom. The van der Waals surface area contributed by atoms with Gasteiger partial charge in [-0.3, -0.25) is 9.67 Å². The van der Waals surface area contributed by atoms with Crippen LogP contribution in [0, 0.1) is 0 Å². The van der Waals surface area contributed by atoms with Crippen LogP contribution in [-0.2, 0) is 23.6 Å². The Hall–Kier alpha value is -2.51. The average Bonchev–Trinajstić information content (AvgIpc) is 3.02. The summed E-state index contributed by atoms with van der Waals surface area (Å²) in [5.41, 5.74) is 3.65. The highest BCUT2D eigenvalue weighted by atomic mass is 32.2. The van der Waals surface area contributed by atoms with Crippen molar-refractivity contribution in [3.05, 3.63) is 66.1 Å². The van der Waals surface area contributed by atoms with Gasteiger partial charge in [-0.05, 0) is 41.8 Å². The van der Waals surface area contributed by atoms with Gasteiger partial charge in [0.25, 0.3) is 0 Å². The van der Waals surface area contributed by atoms with E-state index in [2.05, 4.69) is 28.7 Å². The Balaban J connectivity index is 1.74. The summed E-state index contributed by atoms with van der Waals surface area (Å²) in [6.07, 6.45) is 3.43. The molecule has 7 heteroatoms. The fourth-order valence-electron chi connectivity index (χ4n) is 2.69. The molecular formula is C19H22N4O2S.